The van der Waals surface area contributed by atoms with E-state index in [9.17, 15) is 0 Å². The Bertz CT molecular complexity index is 255. The summed E-state index contributed by atoms with van der Waals surface area (Å²) in [6.07, 6.45) is 1.79. The topological polar surface area (TPSA) is 45.1 Å². The van der Waals surface area contributed by atoms with Gasteiger partial charge in [0.2, 0.25) is 0 Å². The molecular formula is C9H14N2OS. The first-order valence-corrected chi connectivity index (χ1v) is 5.33. The summed E-state index contributed by atoms with van der Waals surface area (Å²) < 4.78 is 0. The molecule has 0 saturated heterocycles. The number of thioether (sulfide) groups is 1. The Labute approximate surface area is 82.6 Å². The first kappa shape index (κ1) is 10.3. The van der Waals surface area contributed by atoms with Gasteiger partial charge in [0.25, 0.3) is 0 Å². The molecule has 0 fully saturated rings. The standard InChI is InChI=1S/C9H14N2OS/c1-10-9-6-8(2-3-11-9)7-13-5-4-12/h2-3,6,12H,4-5,7H2,1H3,(H,10,11). The van der Waals surface area contributed by atoms with Crippen LogP contribution in [0.15, 0.2) is 18.3 Å². The number of pyridine rings is 1. The molecule has 0 radical (unpaired) electrons. The molecule has 13 heavy (non-hydrogen) atoms. The number of nitrogens with one attached hydrogen (secondary N) is 1. The second-order valence-electron chi connectivity index (χ2n) is 2.58. The number of aliphatic hydroxyl groups is 1. The Hall–Kier alpha value is -0.740. The highest BCUT2D eigenvalue weighted by Gasteiger charge is 1.95. The van der Waals surface area contributed by atoms with Crippen LogP contribution in [0.25, 0.3) is 0 Å². The minimum Gasteiger partial charge on any atom is -0.396 e. The number of nitrogens with zero attached hydrogens (tertiary/aromatic N) is 1. The van der Waals surface area contributed by atoms with Crippen LogP contribution < -0.4 is 5.32 Å². The molecule has 72 valence electrons. The number of aromatic nitrogens is 1. The summed E-state index contributed by atoms with van der Waals surface area (Å²) in [6, 6.07) is 4.01. The quantitative estimate of drug-likeness (QED) is 0.701. The number of aliphatic hydroxyl groups excluding tert-OH is 1. The molecule has 3 nitrogen and oxygen atoms in total. The van der Waals surface area contributed by atoms with Gasteiger partial charge in [0.05, 0.1) is 6.61 Å². The molecule has 0 unspecified atom stereocenters. The molecule has 0 bridgehead atoms. The largest absolute Gasteiger partial charge is 0.396 e. The van der Waals surface area contributed by atoms with Crippen LogP contribution in [0.3, 0.4) is 0 Å². The first-order valence-electron chi connectivity index (χ1n) is 4.18. The minimum atomic E-state index is 0.245. The van der Waals surface area contributed by atoms with Crippen molar-refractivity contribution in [3.8, 4) is 0 Å². The van der Waals surface area contributed by atoms with Gasteiger partial charge in [-0.2, -0.15) is 11.8 Å². The zero-order valence-electron chi connectivity index (χ0n) is 7.66. The van der Waals surface area contributed by atoms with Crippen LogP contribution in [-0.2, 0) is 5.75 Å². The number of hydrogen-bond acceptors (Lipinski definition) is 4. The smallest absolute Gasteiger partial charge is 0.125 e. The third-order valence-electron chi connectivity index (χ3n) is 1.58. The highest BCUT2D eigenvalue weighted by molar-refractivity contribution is 7.98. The fourth-order valence-corrected chi connectivity index (χ4v) is 1.64. The van der Waals surface area contributed by atoms with Gasteiger partial charge in [0.1, 0.15) is 5.82 Å². The maximum absolute atomic E-state index is 8.60. The van der Waals surface area contributed by atoms with Crippen molar-refractivity contribution in [1.29, 1.82) is 0 Å². The van der Waals surface area contributed by atoms with E-state index in [2.05, 4.69) is 10.3 Å². The van der Waals surface area contributed by atoms with E-state index in [0.717, 1.165) is 17.3 Å². The van der Waals surface area contributed by atoms with Gasteiger partial charge in [-0.05, 0) is 17.7 Å². The van der Waals surface area contributed by atoms with E-state index >= 15 is 0 Å². The van der Waals surface area contributed by atoms with Gasteiger partial charge in [-0.15, -0.1) is 0 Å². The third-order valence-corrected chi connectivity index (χ3v) is 2.59. The van der Waals surface area contributed by atoms with Gasteiger partial charge in [-0.25, -0.2) is 4.98 Å². The Morgan fingerprint density at radius 1 is 1.62 bits per heavy atom. The van der Waals surface area contributed by atoms with Crippen molar-refractivity contribution in [3.05, 3.63) is 23.9 Å². The Kier molecular flexibility index (Phi) is 4.64. The number of anilines is 1. The van der Waals surface area contributed by atoms with E-state index in [1.54, 1.807) is 18.0 Å². The molecule has 0 amide bonds. The molecule has 0 aromatic carbocycles. The van der Waals surface area contributed by atoms with E-state index < -0.39 is 0 Å². The summed E-state index contributed by atoms with van der Waals surface area (Å²) in [5.74, 6) is 2.61. The molecule has 1 aromatic heterocycles. The van der Waals surface area contributed by atoms with Crippen LogP contribution in [0, 0.1) is 0 Å². The lowest BCUT2D eigenvalue weighted by atomic mass is 10.3. The Balaban J connectivity index is 2.46. The summed E-state index contributed by atoms with van der Waals surface area (Å²) in [7, 11) is 1.85. The average molecular weight is 198 g/mol. The van der Waals surface area contributed by atoms with E-state index in [1.165, 1.54) is 5.56 Å². The number of hydrogen-bond donors (Lipinski definition) is 2. The molecule has 0 saturated carbocycles. The van der Waals surface area contributed by atoms with Crippen LogP contribution >= 0.6 is 11.8 Å². The van der Waals surface area contributed by atoms with Crippen molar-refractivity contribution < 1.29 is 5.11 Å². The van der Waals surface area contributed by atoms with E-state index in [1.807, 2.05) is 19.2 Å². The molecule has 1 rings (SSSR count). The molecular weight excluding hydrogens is 184 g/mol. The van der Waals surface area contributed by atoms with Crippen LogP contribution in [0.5, 0.6) is 0 Å². The van der Waals surface area contributed by atoms with E-state index in [0.29, 0.717) is 0 Å². The molecule has 0 atom stereocenters. The molecule has 1 heterocycles. The van der Waals surface area contributed by atoms with Gasteiger partial charge in [-0.3, -0.25) is 0 Å². The fourth-order valence-electron chi connectivity index (χ4n) is 0.955. The third kappa shape index (κ3) is 3.65. The Morgan fingerprint density at radius 2 is 2.46 bits per heavy atom. The van der Waals surface area contributed by atoms with Gasteiger partial charge in [-0.1, -0.05) is 0 Å². The summed E-state index contributed by atoms with van der Waals surface area (Å²) in [4.78, 5) is 4.12. The van der Waals surface area contributed by atoms with Crippen molar-refractivity contribution in [2.45, 2.75) is 5.75 Å². The first-order chi connectivity index (χ1) is 6.36. The number of rotatable bonds is 5. The average Bonchev–Trinajstić information content (AvgIpc) is 2.19. The van der Waals surface area contributed by atoms with E-state index in [4.69, 9.17) is 5.11 Å². The fraction of sp³-hybridized carbons (Fsp3) is 0.444. The molecule has 4 heteroatoms. The van der Waals surface area contributed by atoms with Crippen LogP contribution in [-0.4, -0.2) is 29.5 Å². The normalized spacial score (nSPS) is 10.0. The molecule has 0 aliphatic carbocycles. The van der Waals surface area contributed by atoms with Crippen LogP contribution in [0.1, 0.15) is 5.56 Å². The van der Waals surface area contributed by atoms with Crippen molar-refractivity contribution in [1.82, 2.24) is 4.98 Å². The van der Waals surface area contributed by atoms with Crippen molar-refractivity contribution in [2.24, 2.45) is 0 Å². The summed E-state index contributed by atoms with van der Waals surface area (Å²) in [5, 5.41) is 11.6. The van der Waals surface area contributed by atoms with Gasteiger partial charge >= 0.3 is 0 Å². The minimum absolute atomic E-state index is 0.245. The van der Waals surface area contributed by atoms with Gasteiger partial charge < -0.3 is 10.4 Å². The van der Waals surface area contributed by atoms with Gasteiger partial charge in [0.15, 0.2) is 0 Å². The molecule has 0 aliphatic rings. The van der Waals surface area contributed by atoms with Gasteiger partial charge in [0, 0.05) is 24.8 Å². The lowest BCUT2D eigenvalue weighted by Gasteiger charge is -2.02. The monoisotopic (exact) mass is 198 g/mol. The zero-order chi connectivity index (χ0) is 9.52. The van der Waals surface area contributed by atoms with Crippen molar-refractivity contribution >= 4 is 17.6 Å². The van der Waals surface area contributed by atoms with Crippen molar-refractivity contribution in [2.75, 3.05) is 24.7 Å². The van der Waals surface area contributed by atoms with Crippen molar-refractivity contribution in [3.63, 3.8) is 0 Å². The molecule has 2 N–H and O–H groups in total. The summed E-state index contributed by atoms with van der Waals surface area (Å²) >= 11 is 1.72. The SMILES string of the molecule is CNc1cc(CSCCO)ccn1. The molecule has 0 spiro atoms. The maximum atomic E-state index is 8.60. The Morgan fingerprint density at radius 3 is 3.15 bits per heavy atom. The second kappa shape index (κ2) is 5.83. The second-order valence-corrected chi connectivity index (χ2v) is 3.68. The lowest BCUT2D eigenvalue weighted by Crippen LogP contribution is -1.93. The summed E-state index contributed by atoms with van der Waals surface area (Å²) in [6.45, 7) is 0.245. The highest BCUT2D eigenvalue weighted by atomic mass is 32.2. The molecule has 0 aliphatic heterocycles. The zero-order valence-corrected chi connectivity index (χ0v) is 8.47. The predicted octanol–water partition coefficient (Wildman–Crippen LogP) is 1.35. The van der Waals surface area contributed by atoms with Crippen LogP contribution in [0.2, 0.25) is 0 Å². The van der Waals surface area contributed by atoms with Crippen LogP contribution in [0.4, 0.5) is 5.82 Å². The van der Waals surface area contributed by atoms with E-state index in [-0.39, 0.29) is 6.61 Å². The lowest BCUT2D eigenvalue weighted by molar-refractivity contribution is 0.322. The summed E-state index contributed by atoms with van der Waals surface area (Å²) in [5.41, 5.74) is 1.23. The predicted molar refractivity (Wildman–Crippen MR) is 57.0 cm³/mol. The molecule has 1 aromatic rings. The highest BCUT2D eigenvalue weighted by Crippen LogP contribution is 2.13. The maximum Gasteiger partial charge on any atom is 0.125 e.